The van der Waals surface area contributed by atoms with Crippen molar-refractivity contribution in [2.45, 2.75) is 13.5 Å². The topological polar surface area (TPSA) is 70.2 Å². The fraction of sp³-hybridized carbons (Fsp3) is 0.364. The van der Waals surface area contributed by atoms with E-state index in [0.29, 0.717) is 6.54 Å². The smallest absolute Gasteiger partial charge is 0.274 e. The molecule has 0 atom stereocenters. The Labute approximate surface area is 98.2 Å². The monoisotopic (exact) mass is 237 g/mol. The van der Waals surface area contributed by atoms with E-state index in [4.69, 9.17) is 5.26 Å². The third-order valence-electron chi connectivity index (χ3n) is 2.37. The van der Waals surface area contributed by atoms with Gasteiger partial charge in [-0.25, -0.2) is 4.39 Å². The lowest BCUT2D eigenvalue weighted by molar-refractivity contribution is -0.385. The normalized spacial score (nSPS) is 10.2. The molecule has 0 spiro atoms. The standard InChI is InChI=1S/C11H12FN3O2/c1-2-14(6-5-13)8-9-7-10(12)3-4-11(9)15(16)17/h3-4,7H,2,6,8H2,1H3. The van der Waals surface area contributed by atoms with Gasteiger partial charge >= 0.3 is 0 Å². The van der Waals surface area contributed by atoms with Gasteiger partial charge in [0, 0.05) is 18.2 Å². The van der Waals surface area contributed by atoms with Gasteiger partial charge in [0.25, 0.3) is 5.69 Å². The molecule has 0 fully saturated rings. The van der Waals surface area contributed by atoms with Crippen LogP contribution in [0.15, 0.2) is 18.2 Å². The third-order valence-corrected chi connectivity index (χ3v) is 2.37. The molecule has 0 aliphatic heterocycles. The molecule has 0 N–H and O–H groups in total. The minimum absolute atomic E-state index is 0.122. The maximum absolute atomic E-state index is 13.0. The van der Waals surface area contributed by atoms with Crippen molar-refractivity contribution in [3.63, 3.8) is 0 Å². The number of benzene rings is 1. The Hall–Kier alpha value is -2.00. The number of nitrogens with zero attached hydrogens (tertiary/aromatic N) is 3. The number of hydrogen-bond acceptors (Lipinski definition) is 4. The van der Waals surface area contributed by atoms with Crippen LogP contribution in [0.4, 0.5) is 10.1 Å². The predicted octanol–water partition coefficient (Wildman–Crippen LogP) is 2.08. The molecule has 0 aliphatic rings. The number of hydrogen-bond donors (Lipinski definition) is 0. The van der Waals surface area contributed by atoms with Gasteiger partial charge in [0.1, 0.15) is 5.82 Å². The summed E-state index contributed by atoms with van der Waals surface area (Å²) in [5, 5.41) is 19.3. The van der Waals surface area contributed by atoms with Gasteiger partial charge in [-0.05, 0) is 18.7 Å². The number of rotatable bonds is 5. The minimum Gasteiger partial charge on any atom is -0.286 e. The Bertz CT molecular complexity index is 457. The SMILES string of the molecule is CCN(CC#N)Cc1cc(F)ccc1[N+](=O)[O-]. The minimum atomic E-state index is -0.547. The molecule has 0 aromatic heterocycles. The Morgan fingerprint density at radius 1 is 1.59 bits per heavy atom. The molecule has 6 heteroatoms. The van der Waals surface area contributed by atoms with Crippen molar-refractivity contribution in [1.29, 1.82) is 5.26 Å². The summed E-state index contributed by atoms with van der Waals surface area (Å²) in [6.07, 6.45) is 0. The van der Waals surface area contributed by atoms with Gasteiger partial charge in [-0.15, -0.1) is 0 Å². The quantitative estimate of drug-likeness (QED) is 0.446. The molecule has 1 rings (SSSR count). The van der Waals surface area contributed by atoms with Gasteiger partial charge < -0.3 is 0 Å². The first kappa shape index (κ1) is 13.1. The van der Waals surface area contributed by atoms with E-state index in [1.165, 1.54) is 0 Å². The van der Waals surface area contributed by atoms with Crippen molar-refractivity contribution in [3.05, 3.63) is 39.7 Å². The zero-order valence-corrected chi connectivity index (χ0v) is 9.39. The molecule has 1 aromatic rings. The van der Waals surface area contributed by atoms with Crippen molar-refractivity contribution < 1.29 is 9.31 Å². The predicted molar refractivity (Wildman–Crippen MR) is 59.6 cm³/mol. The summed E-state index contributed by atoms with van der Waals surface area (Å²) in [5.74, 6) is -0.515. The molecule has 0 saturated carbocycles. The molecule has 0 saturated heterocycles. The lowest BCUT2D eigenvalue weighted by Crippen LogP contribution is -2.23. The molecule has 0 heterocycles. The Balaban J connectivity index is 2.99. The van der Waals surface area contributed by atoms with E-state index in [0.717, 1.165) is 18.2 Å². The van der Waals surface area contributed by atoms with E-state index in [1.54, 1.807) is 4.90 Å². The molecule has 0 radical (unpaired) electrons. The van der Waals surface area contributed by atoms with Gasteiger partial charge in [0.05, 0.1) is 17.5 Å². The highest BCUT2D eigenvalue weighted by molar-refractivity contribution is 5.40. The van der Waals surface area contributed by atoms with Crippen LogP contribution in [0.5, 0.6) is 0 Å². The number of halogens is 1. The maximum atomic E-state index is 13.0. The molecule has 0 bridgehead atoms. The molecule has 90 valence electrons. The second kappa shape index (κ2) is 5.92. The van der Waals surface area contributed by atoms with Gasteiger partial charge in [0.15, 0.2) is 0 Å². The van der Waals surface area contributed by atoms with E-state index >= 15 is 0 Å². The molecule has 0 amide bonds. The van der Waals surface area contributed by atoms with Crippen LogP contribution in [0.1, 0.15) is 12.5 Å². The van der Waals surface area contributed by atoms with Crippen molar-refractivity contribution in [1.82, 2.24) is 4.90 Å². The van der Waals surface area contributed by atoms with E-state index in [-0.39, 0.29) is 24.3 Å². The van der Waals surface area contributed by atoms with Crippen molar-refractivity contribution in [2.75, 3.05) is 13.1 Å². The van der Waals surface area contributed by atoms with Crippen LogP contribution in [0, 0.1) is 27.3 Å². The van der Waals surface area contributed by atoms with Crippen LogP contribution < -0.4 is 0 Å². The second-order valence-corrected chi connectivity index (χ2v) is 3.49. The summed E-state index contributed by atoms with van der Waals surface area (Å²) in [6, 6.07) is 5.30. The van der Waals surface area contributed by atoms with Crippen LogP contribution in [-0.2, 0) is 6.54 Å². The molecule has 0 unspecified atom stereocenters. The van der Waals surface area contributed by atoms with Crippen molar-refractivity contribution in [3.8, 4) is 6.07 Å². The highest BCUT2D eigenvalue weighted by atomic mass is 19.1. The summed E-state index contributed by atoms with van der Waals surface area (Å²) in [4.78, 5) is 11.9. The van der Waals surface area contributed by atoms with E-state index in [2.05, 4.69) is 0 Å². The van der Waals surface area contributed by atoms with Crippen LogP contribution >= 0.6 is 0 Å². The van der Waals surface area contributed by atoms with Crippen molar-refractivity contribution in [2.24, 2.45) is 0 Å². The van der Waals surface area contributed by atoms with E-state index in [1.807, 2.05) is 13.0 Å². The van der Waals surface area contributed by atoms with E-state index < -0.39 is 10.7 Å². The van der Waals surface area contributed by atoms with Gasteiger partial charge in [-0.3, -0.25) is 15.0 Å². The van der Waals surface area contributed by atoms with E-state index in [9.17, 15) is 14.5 Å². The third kappa shape index (κ3) is 3.50. The summed E-state index contributed by atoms with van der Waals surface area (Å²) < 4.78 is 13.0. The zero-order chi connectivity index (χ0) is 12.8. The first-order chi connectivity index (χ1) is 8.08. The Morgan fingerprint density at radius 2 is 2.29 bits per heavy atom. The molecule has 17 heavy (non-hydrogen) atoms. The average molecular weight is 237 g/mol. The van der Waals surface area contributed by atoms with Gasteiger partial charge in [-0.2, -0.15) is 5.26 Å². The highest BCUT2D eigenvalue weighted by Crippen LogP contribution is 2.21. The van der Waals surface area contributed by atoms with Crippen LogP contribution in [-0.4, -0.2) is 22.9 Å². The second-order valence-electron chi connectivity index (χ2n) is 3.49. The van der Waals surface area contributed by atoms with Gasteiger partial charge in [0.2, 0.25) is 0 Å². The highest BCUT2D eigenvalue weighted by Gasteiger charge is 2.16. The summed E-state index contributed by atoms with van der Waals surface area (Å²) >= 11 is 0. The average Bonchev–Trinajstić information content (AvgIpc) is 2.28. The summed E-state index contributed by atoms with van der Waals surface area (Å²) in [6.45, 7) is 2.76. The largest absolute Gasteiger partial charge is 0.286 e. The van der Waals surface area contributed by atoms with Crippen LogP contribution in [0.2, 0.25) is 0 Å². The first-order valence-corrected chi connectivity index (χ1v) is 5.10. The lowest BCUT2D eigenvalue weighted by Gasteiger charge is -2.16. The van der Waals surface area contributed by atoms with Crippen LogP contribution in [0.3, 0.4) is 0 Å². The van der Waals surface area contributed by atoms with Crippen LogP contribution in [0.25, 0.3) is 0 Å². The van der Waals surface area contributed by atoms with Gasteiger partial charge in [-0.1, -0.05) is 6.92 Å². The molecule has 1 aromatic carbocycles. The Morgan fingerprint density at radius 3 is 2.82 bits per heavy atom. The molecular weight excluding hydrogens is 225 g/mol. The molecular formula is C11H12FN3O2. The fourth-order valence-electron chi connectivity index (χ4n) is 1.48. The first-order valence-electron chi connectivity index (χ1n) is 5.10. The summed E-state index contributed by atoms with van der Waals surface area (Å²) in [5.41, 5.74) is 0.162. The number of nitriles is 1. The molecule has 5 nitrogen and oxygen atoms in total. The number of nitro benzene ring substituents is 1. The number of nitro groups is 1. The summed E-state index contributed by atoms with van der Waals surface area (Å²) in [7, 11) is 0. The lowest BCUT2D eigenvalue weighted by atomic mass is 10.1. The maximum Gasteiger partial charge on any atom is 0.274 e. The molecule has 0 aliphatic carbocycles. The fourth-order valence-corrected chi connectivity index (χ4v) is 1.48. The van der Waals surface area contributed by atoms with Crippen molar-refractivity contribution >= 4 is 5.69 Å². The Kier molecular flexibility index (Phi) is 4.55. The zero-order valence-electron chi connectivity index (χ0n) is 9.39.